The first-order chi connectivity index (χ1) is 20.4. The highest BCUT2D eigenvalue weighted by atomic mass is 19.4. The van der Waals surface area contributed by atoms with Crippen LogP contribution < -0.4 is 4.57 Å². The lowest BCUT2D eigenvalue weighted by Gasteiger charge is -2.23. The van der Waals surface area contributed by atoms with E-state index >= 15 is 0 Å². The molecule has 45 heavy (non-hydrogen) atoms. The standard InChI is InChI=1S/C29H16F14NO/c1-11-6-15-14-8-19(28(38,39)40)18(25(30,31)29(41,42)43)10-22(14)45-24(15)23(12(11)2)21-9-17(27(35,36)37)16-7-13(26(32,33)34)4-5-20(16)44(21)3/h4-10H,1-3H3/q+1. The van der Waals surface area contributed by atoms with Gasteiger partial charge in [-0.1, -0.05) is 0 Å². The number of benzene rings is 3. The van der Waals surface area contributed by atoms with Gasteiger partial charge in [-0.15, -0.1) is 0 Å². The molecule has 0 aliphatic heterocycles. The largest absolute Gasteiger partial charge is 0.458 e. The van der Waals surface area contributed by atoms with Crippen LogP contribution in [-0.4, -0.2) is 6.18 Å². The van der Waals surface area contributed by atoms with Gasteiger partial charge in [0.2, 0.25) is 11.2 Å². The van der Waals surface area contributed by atoms with E-state index in [2.05, 4.69) is 0 Å². The fourth-order valence-electron chi connectivity index (χ4n) is 5.27. The fraction of sp³-hybridized carbons (Fsp3) is 0.276. The maximum absolute atomic E-state index is 14.3. The molecule has 5 aromatic rings. The molecular formula is C29H16F14NO+. The number of pyridine rings is 1. The minimum atomic E-state index is -6.43. The monoisotopic (exact) mass is 660 g/mol. The van der Waals surface area contributed by atoms with Crippen LogP contribution in [0.5, 0.6) is 0 Å². The van der Waals surface area contributed by atoms with E-state index in [9.17, 15) is 61.5 Å². The lowest BCUT2D eigenvalue weighted by molar-refractivity contribution is -0.633. The summed E-state index contributed by atoms with van der Waals surface area (Å²) in [7, 11) is 1.20. The van der Waals surface area contributed by atoms with Crippen molar-refractivity contribution in [2.24, 2.45) is 7.05 Å². The topological polar surface area (TPSA) is 17.0 Å². The molecular weight excluding hydrogens is 644 g/mol. The Labute approximate surface area is 242 Å². The molecule has 0 unspecified atom stereocenters. The van der Waals surface area contributed by atoms with Crippen molar-refractivity contribution in [1.29, 1.82) is 0 Å². The number of rotatable bonds is 2. The molecule has 0 atom stereocenters. The van der Waals surface area contributed by atoms with E-state index in [0.29, 0.717) is 18.2 Å². The van der Waals surface area contributed by atoms with E-state index in [1.54, 1.807) is 0 Å². The molecule has 0 saturated carbocycles. The summed E-state index contributed by atoms with van der Waals surface area (Å²) in [6.45, 7) is 2.79. The smallest absolute Gasteiger partial charge is 0.455 e. The number of aromatic nitrogens is 1. The fourth-order valence-corrected chi connectivity index (χ4v) is 5.27. The average Bonchev–Trinajstić information content (AvgIpc) is 3.23. The zero-order valence-corrected chi connectivity index (χ0v) is 22.7. The van der Waals surface area contributed by atoms with Gasteiger partial charge in [-0.2, -0.15) is 66.0 Å². The van der Waals surface area contributed by atoms with E-state index in [1.807, 2.05) is 0 Å². The van der Waals surface area contributed by atoms with Gasteiger partial charge in [0.05, 0.1) is 27.6 Å². The summed E-state index contributed by atoms with van der Waals surface area (Å²) < 4.78 is 199. The third kappa shape index (κ3) is 5.11. The number of halogens is 14. The number of nitrogens with zero attached hydrogens (tertiary/aromatic N) is 1. The third-order valence-corrected chi connectivity index (χ3v) is 7.60. The van der Waals surface area contributed by atoms with E-state index in [4.69, 9.17) is 4.42 Å². The molecule has 240 valence electrons. The first-order valence-corrected chi connectivity index (χ1v) is 12.5. The van der Waals surface area contributed by atoms with Gasteiger partial charge in [-0.25, -0.2) is 0 Å². The first kappa shape index (κ1) is 32.3. The third-order valence-electron chi connectivity index (χ3n) is 7.60. The number of hydrogen-bond donors (Lipinski definition) is 0. The molecule has 2 aromatic heterocycles. The summed E-state index contributed by atoms with van der Waals surface area (Å²) in [5.41, 5.74) is -9.42. The summed E-state index contributed by atoms with van der Waals surface area (Å²) >= 11 is 0. The minimum absolute atomic E-state index is 0.0505. The van der Waals surface area contributed by atoms with Crippen LogP contribution in [-0.2, 0) is 31.5 Å². The Morgan fingerprint density at radius 3 is 1.73 bits per heavy atom. The Balaban J connectivity index is 1.93. The van der Waals surface area contributed by atoms with Crippen LogP contribution in [0.15, 0.2) is 46.9 Å². The van der Waals surface area contributed by atoms with Gasteiger partial charge >= 0.3 is 30.6 Å². The van der Waals surface area contributed by atoms with Crippen LogP contribution in [0.25, 0.3) is 44.1 Å². The Bertz CT molecular complexity index is 2010. The highest BCUT2D eigenvalue weighted by Crippen LogP contribution is 2.51. The number of hydrogen-bond acceptors (Lipinski definition) is 1. The van der Waals surface area contributed by atoms with Crippen LogP contribution in [0.2, 0.25) is 0 Å². The lowest BCUT2D eigenvalue weighted by atomic mass is 9.93. The number of aryl methyl sites for hydroxylation is 2. The molecule has 0 radical (unpaired) electrons. The van der Waals surface area contributed by atoms with Gasteiger partial charge in [-0.05, 0) is 55.3 Å². The molecule has 0 spiro atoms. The van der Waals surface area contributed by atoms with Crippen molar-refractivity contribution in [3.05, 3.63) is 75.8 Å². The predicted octanol–water partition coefficient (Wildman–Crippen LogP) is 10.6. The molecule has 0 aliphatic rings. The van der Waals surface area contributed by atoms with E-state index in [0.717, 1.165) is 10.6 Å². The second-order valence-electron chi connectivity index (χ2n) is 10.4. The molecule has 0 fully saturated rings. The zero-order chi connectivity index (χ0) is 33.8. The van der Waals surface area contributed by atoms with Crippen molar-refractivity contribution >= 4 is 32.8 Å². The quantitative estimate of drug-likeness (QED) is 0.136. The molecule has 5 rings (SSSR count). The van der Waals surface area contributed by atoms with Crippen LogP contribution in [0, 0.1) is 13.8 Å². The average molecular weight is 660 g/mol. The second-order valence-corrected chi connectivity index (χ2v) is 10.4. The first-order valence-electron chi connectivity index (χ1n) is 12.5. The molecule has 0 amide bonds. The molecule has 16 heteroatoms. The van der Waals surface area contributed by atoms with Crippen molar-refractivity contribution in [3.8, 4) is 11.3 Å². The predicted molar refractivity (Wildman–Crippen MR) is 132 cm³/mol. The van der Waals surface area contributed by atoms with Crippen LogP contribution in [0.1, 0.15) is 33.4 Å². The highest BCUT2D eigenvalue weighted by Gasteiger charge is 2.61. The summed E-state index contributed by atoms with van der Waals surface area (Å²) in [5.74, 6) is -5.97. The summed E-state index contributed by atoms with van der Waals surface area (Å²) in [4.78, 5) is 0. The molecule has 0 bridgehead atoms. The van der Waals surface area contributed by atoms with Crippen LogP contribution >= 0.6 is 0 Å². The lowest BCUT2D eigenvalue weighted by Crippen LogP contribution is -2.35. The maximum Gasteiger partial charge on any atom is 0.458 e. The van der Waals surface area contributed by atoms with Gasteiger partial charge in [0.25, 0.3) is 0 Å². The Kier molecular flexibility index (Phi) is 6.96. The Hall–Kier alpha value is -4.11. The van der Waals surface area contributed by atoms with Gasteiger partial charge in [-0.3, -0.25) is 0 Å². The maximum atomic E-state index is 14.3. The Morgan fingerprint density at radius 2 is 1.20 bits per heavy atom. The van der Waals surface area contributed by atoms with Crippen molar-refractivity contribution < 1.29 is 70.5 Å². The second kappa shape index (κ2) is 9.69. The normalized spacial score (nSPS) is 13.9. The molecule has 3 aromatic carbocycles. The van der Waals surface area contributed by atoms with Crippen molar-refractivity contribution in [1.82, 2.24) is 0 Å². The van der Waals surface area contributed by atoms with E-state index in [-0.39, 0.29) is 45.4 Å². The van der Waals surface area contributed by atoms with Crippen molar-refractivity contribution in [2.75, 3.05) is 0 Å². The van der Waals surface area contributed by atoms with Crippen LogP contribution in [0.3, 0.4) is 0 Å². The number of fused-ring (bicyclic) bond motifs is 4. The Morgan fingerprint density at radius 1 is 0.600 bits per heavy atom. The number of alkyl halides is 14. The molecule has 2 heterocycles. The molecule has 0 saturated heterocycles. The van der Waals surface area contributed by atoms with Gasteiger partial charge in [0, 0.05) is 28.5 Å². The van der Waals surface area contributed by atoms with Gasteiger partial charge in [0.15, 0.2) is 0 Å². The summed E-state index contributed by atoms with van der Waals surface area (Å²) in [5, 5.41) is -1.64. The van der Waals surface area contributed by atoms with Gasteiger partial charge < -0.3 is 4.42 Å². The van der Waals surface area contributed by atoms with Crippen LogP contribution in [0.4, 0.5) is 61.5 Å². The number of furan rings is 1. The van der Waals surface area contributed by atoms with Crippen molar-refractivity contribution in [2.45, 2.75) is 44.5 Å². The molecule has 0 N–H and O–H groups in total. The summed E-state index contributed by atoms with van der Waals surface area (Å²) in [6.07, 6.45) is -22.3. The van der Waals surface area contributed by atoms with Crippen molar-refractivity contribution in [3.63, 3.8) is 0 Å². The zero-order valence-electron chi connectivity index (χ0n) is 22.7. The molecule has 2 nitrogen and oxygen atoms in total. The summed E-state index contributed by atoms with van der Waals surface area (Å²) in [6, 6.07) is 3.31. The van der Waals surface area contributed by atoms with E-state index < -0.39 is 74.8 Å². The van der Waals surface area contributed by atoms with Gasteiger partial charge in [0.1, 0.15) is 18.2 Å². The minimum Gasteiger partial charge on any atom is -0.455 e. The SMILES string of the molecule is Cc1cc2c(oc3cc(C(F)(F)C(F)(F)F)c(C(F)(F)F)cc32)c(-c2cc(C(F)(F)F)c3cc(C(F)(F)F)ccc3[n+]2C)c1C. The highest BCUT2D eigenvalue weighted by molar-refractivity contribution is 6.11. The molecule has 0 aliphatic carbocycles. The van der Waals surface area contributed by atoms with E-state index in [1.165, 1.54) is 27.0 Å².